The van der Waals surface area contributed by atoms with Crippen molar-refractivity contribution in [2.24, 2.45) is 0 Å². The van der Waals surface area contributed by atoms with E-state index in [1.165, 1.54) is 0 Å². The van der Waals surface area contributed by atoms with Crippen LogP contribution in [-0.2, 0) is 29.9 Å². The Balaban J connectivity index is 2.86. The number of alkyl halides is 2. The number of nitrogens with zero attached hydrogens (tertiary/aromatic N) is 1. The van der Waals surface area contributed by atoms with E-state index in [0.717, 1.165) is 5.69 Å². The van der Waals surface area contributed by atoms with Gasteiger partial charge in [-0.1, -0.05) is 12.1 Å². The molecule has 0 unspecified atom stereocenters. The first-order valence-electron chi connectivity index (χ1n) is 13.1. The molecule has 0 heterocycles. The second-order valence-electron chi connectivity index (χ2n) is 10.5. The average Bonchev–Trinajstić information content (AvgIpc) is 2.87. The maximum atomic E-state index is 13.0. The van der Waals surface area contributed by atoms with Crippen molar-refractivity contribution >= 4 is 62.0 Å². The Morgan fingerprint density at radius 2 is 1.49 bits per heavy atom. The van der Waals surface area contributed by atoms with Crippen LogP contribution in [0, 0.1) is 0 Å². The third-order valence-electron chi connectivity index (χ3n) is 5.82. The Morgan fingerprint density at radius 1 is 0.953 bits per heavy atom. The molecule has 1 rings (SSSR count). The lowest BCUT2D eigenvalue weighted by Crippen LogP contribution is -2.51. The fourth-order valence-corrected chi connectivity index (χ4v) is 6.34. The minimum atomic E-state index is -5.61. The van der Waals surface area contributed by atoms with Gasteiger partial charge in [0.05, 0.1) is 6.54 Å². The van der Waals surface area contributed by atoms with Gasteiger partial charge in [-0.25, -0.2) is 4.79 Å². The molecular formula is C24H40Cl2N4O11P2. The molecule has 1 atom stereocenters. The zero-order chi connectivity index (χ0) is 33.1. The molecule has 0 aliphatic carbocycles. The van der Waals surface area contributed by atoms with Gasteiger partial charge in [-0.05, 0) is 44.9 Å². The van der Waals surface area contributed by atoms with Gasteiger partial charge in [-0.3, -0.25) is 18.7 Å². The summed E-state index contributed by atoms with van der Waals surface area (Å²) in [7, 11) is -11.2. The van der Waals surface area contributed by atoms with Crippen molar-refractivity contribution in [1.82, 2.24) is 16.0 Å². The van der Waals surface area contributed by atoms with Crippen LogP contribution >= 0.6 is 38.4 Å². The SMILES string of the molecule is CC(C)(C)OC(=O)N[C@@H](Cc1ccc(N(CCCl)CCCl)cc1)C(=O)NCC(=O)NCCCC(O)(P(=O)(O)O)P(=O)(O)O. The number of carbonyl (C=O) groups is 3. The van der Waals surface area contributed by atoms with Crippen LogP contribution in [0.1, 0.15) is 39.2 Å². The fraction of sp³-hybridized carbons (Fsp3) is 0.625. The summed E-state index contributed by atoms with van der Waals surface area (Å²) in [6.45, 7) is 5.23. The number of anilines is 1. The van der Waals surface area contributed by atoms with Crippen LogP contribution in [0.15, 0.2) is 24.3 Å². The summed E-state index contributed by atoms with van der Waals surface area (Å²) in [4.78, 5) is 76.3. The Kier molecular flexibility index (Phi) is 15.4. The van der Waals surface area contributed by atoms with Gasteiger partial charge in [0.15, 0.2) is 0 Å². The predicted octanol–water partition coefficient (Wildman–Crippen LogP) is 1.42. The lowest BCUT2D eigenvalue weighted by molar-refractivity contribution is -0.127. The van der Waals surface area contributed by atoms with E-state index < -0.39 is 69.2 Å². The highest BCUT2D eigenvalue weighted by molar-refractivity contribution is 7.72. The quantitative estimate of drug-likeness (QED) is 0.0658. The van der Waals surface area contributed by atoms with Gasteiger partial charge in [-0.2, -0.15) is 0 Å². The number of amides is 3. The monoisotopic (exact) mass is 692 g/mol. The summed E-state index contributed by atoms with van der Waals surface area (Å²) >= 11 is 11.7. The fourth-order valence-electron chi connectivity index (χ4n) is 3.68. The molecule has 1 aromatic rings. The van der Waals surface area contributed by atoms with Gasteiger partial charge < -0.3 is 50.3 Å². The molecule has 19 heteroatoms. The molecule has 3 amide bonds. The molecule has 0 bridgehead atoms. The average molecular weight is 693 g/mol. The lowest BCUT2D eigenvalue weighted by Gasteiger charge is -2.29. The number of nitrogens with one attached hydrogen (secondary N) is 3. The Morgan fingerprint density at radius 3 is 1.95 bits per heavy atom. The first-order chi connectivity index (χ1) is 19.7. The van der Waals surface area contributed by atoms with E-state index in [4.69, 9.17) is 27.9 Å². The van der Waals surface area contributed by atoms with Crippen molar-refractivity contribution in [3.63, 3.8) is 0 Å². The molecule has 246 valence electrons. The summed E-state index contributed by atoms with van der Waals surface area (Å²) in [5, 5.41) is 13.5. The maximum absolute atomic E-state index is 13.0. The second-order valence-corrected chi connectivity index (χ2v) is 15.2. The van der Waals surface area contributed by atoms with Crippen molar-refractivity contribution in [2.45, 2.75) is 56.8 Å². The van der Waals surface area contributed by atoms with Gasteiger partial charge in [0.1, 0.15) is 11.6 Å². The Bertz CT molecular complexity index is 1140. The van der Waals surface area contributed by atoms with Gasteiger partial charge >= 0.3 is 21.3 Å². The molecule has 8 N–H and O–H groups in total. The van der Waals surface area contributed by atoms with E-state index in [1.807, 2.05) is 17.0 Å². The number of benzene rings is 1. The molecule has 0 aliphatic heterocycles. The van der Waals surface area contributed by atoms with E-state index in [9.17, 15) is 48.2 Å². The molecule has 0 aliphatic rings. The summed E-state index contributed by atoms with van der Waals surface area (Å²) in [6, 6.07) is 6.04. The molecule has 0 saturated carbocycles. The first kappa shape index (κ1) is 39.1. The minimum absolute atomic E-state index is 0.0430. The zero-order valence-corrected chi connectivity index (χ0v) is 27.3. The van der Waals surface area contributed by atoms with Crippen LogP contribution in [0.5, 0.6) is 0 Å². The number of halogens is 2. The lowest BCUT2D eigenvalue weighted by atomic mass is 10.0. The van der Waals surface area contributed by atoms with Crippen molar-refractivity contribution in [1.29, 1.82) is 0 Å². The number of rotatable bonds is 17. The third kappa shape index (κ3) is 13.3. The molecule has 43 heavy (non-hydrogen) atoms. The molecule has 1 aromatic carbocycles. The van der Waals surface area contributed by atoms with E-state index in [2.05, 4.69) is 16.0 Å². The molecule has 15 nitrogen and oxygen atoms in total. The predicted molar refractivity (Wildman–Crippen MR) is 161 cm³/mol. The molecule has 0 fully saturated rings. The Hall–Kier alpha value is -1.93. The van der Waals surface area contributed by atoms with Gasteiger partial charge in [0.2, 0.25) is 11.8 Å². The van der Waals surface area contributed by atoms with Crippen LogP contribution in [0.4, 0.5) is 10.5 Å². The van der Waals surface area contributed by atoms with Crippen LogP contribution in [0.3, 0.4) is 0 Å². The van der Waals surface area contributed by atoms with Crippen molar-refractivity contribution in [3.8, 4) is 0 Å². The number of ether oxygens (including phenoxy) is 1. The second kappa shape index (κ2) is 17.0. The van der Waals surface area contributed by atoms with E-state index in [1.54, 1.807) is 32.9 Å². The molecule has 0 saturated heterocycles. The number of hydrogen-bond acceptors (Lipinski definition) is 8. The van der Waals surface area contributed by atoms with E-state index in [-0.39, 0.29) is 13.0 Å². The highest BCUT2D eigenvalue weighted by Gasteiger charge is 2.58. The zero-order valence-electron chi connectivity index (χ0n) is 24.0. The Labute approximate surface area is 260 Å². The van der Waals surface area contributed by atoms with Crippen LogP contribution < -0.4 is 20.9 Å². The van der Waals surface area contributed by atoms with Crippen molar-refractivity contribution in [3.05, 3.63) is 29.8 Å². The van der Waals surface area contributed by atoms with E-state index >= 15 is 0 Å². The third-order valence-corrected chi connectivity index (χ3v) is 10.0. The number of alkyl carbamates (subject to hydrolysis) is 1. The summed E-state index contributed by atoms with van der Waals surface area (Å²) in [6.07, 6.45) is -2.23. The number of carbonyl (C=O) groups excluding carboxylic acids is 3. The van der Waals surface area contributed by atoms with Crippen LogP contribution in [0.2, 0.25) is 0 Å². The number of aliphatic hydroxyl groups is 1. The normalized spacial score (nSPS) is 13.2. The highest BCUT2D eigenvalue weighted by Crippen LogP contribution is 2.69. The van der Waals surface area contributed by atoms with Crippen LogP contribution in [-0.4, -0.2) is 97.3 Å². The molecule has 0 radical (unpaired) electrons. The van der Waals surface area contributed by atoms with Crippen LogP contribution in [0.25, 0.3) is 0 Å². The molecule has 0 spiro atoms. The summed E-state index contributed by atoms with van der Waals surface area (Å²) in [5.74, 6) is -0.661. The minimum Gasteiger partial charge on any atom is -0.444 e. The van der Waals surface area contributed by atoms with Crippen molar-refractivity contribution in [2.75, 3.05) is 42.8 Å². The standard InChI is InChI=1S/C24H40Cl2N4O11P2/c1-23(2,3)41-22(33)29-19(15-17-5-7-18(8-6-17)30(13-10-25)14-11-26)21(32)28-16-20(31)27-12-4-9-24(34,42(35,36)37)43(38,39)40/h5-8,19,34H,4,9-16H2,1-3H3,(H,27,31)(H,28,32)(H,29,33)(H2,35,36,37)(H2,38,39,40)/t19-/m0/s1. The first-order valence-corrected chi connectivity index (χ1v) is 17.4. The number of hydrogen-bond donors (Lipinski definition) is 8. The van der Waals surface area contributed by atoms with E-state index in [0.29, 0.717) is 30.4 Å². The summed E-state index contributed by atoms with van der Waals surface area (Å²) in [5.41, 5.74) is 0.707. The van der Waals surface area contributed by atoms with Crippen molar-refractivity contribution < 1.29 is 52.9 Å². The molecule has 0 aromatic heterocycles. The molecular weight excluding hydrogens is 653 g/mol. The van der Waals surface area contributed by atoms with Gasteiger partial charge in [-0.15, -0.1) is 23.2 Å². The highest BCUT2D eigenvalue weighted by atomic mass is 35.5. The van der Waals surface area contributed by atoms with Gasteiger partial charge in [0, 0.05) is 49.9 Å². The largest absolute Gasteiger partial charge is 0.444 e. The smallest absolute Gasteiger partial charge is 0.408 e. The van der Waals surface area contributed by atoms with Gasteiger partial charge in [0.25, 0.3) is 5.08 Å². The summed E-state index contributed by atoms with van der Waals surface area (Å²) < 4.78 is 28.1. The maximum Gasteiger partial charge on any atom is 0.408 e. The topological polar surface area (TPSA) is 235 Å².